The summed E-state index contributed by atoms with van der Waals surface area (Å²) in [6.45, 7) is 2.34. The third-order valence-electron chi connectivity index (χ3n) is 5.90. The first-order valence-corrected chi connectivity index (χ1v) is 10.9. The van der Waals surface area contributed by atoms with Crippen LogP contribution in [-0.2, 0) is 6.54 Å². The second-order valence-electron chi connectivity index (χ2n) is 8.07. The molecule has 1 saturated heterocycles. The molecule has 0 saturated carbocycles. The van der Waals surface area contributed by atoms with Crippen LogP contribution < -0.4 is 15.0 Å². The number of hydrogen-bond donors (Lipinski definition) is 1. The minimum Gasteiger partial charge on any atom is -0.493 e. The smallest absolute Gasteiger partial charge is 0.272 e. The second-order valence-corrected chi connectivity index (χ2v) is 8.07. The van der Waals surface area contributed by atoms with Gasteiger partial charge in [-0.15, -0.1) is 0 Å². The summed E-state index contributed by atoms with van der Waals surface area (Å²) < 4.78 is 21.3. The van der Waals surface area contributed by atoms with Crippen molar-refractivity contribution >= 4 is 28.3 Å². The summed E-state index contributed by atoms with van der Waals surface area (Å²) in [7, 11) is 1.60. The van der Waals surface area contributed by atoms with Gasteiger partial charge >= 0.3 is 0 Å². The van der Waals surface area contributed by atoms with Crippen LogP contribution in [0.3, 0.4) is 0 Å². The zero-order chi connectivity index (χ0) is 22.8. The molecule has 0 unspecified atom stereocenters. The number of nitrogens with one attached hydrogen (secondary N) is 1. The molecule has 1 amide bonds. The first kappa shape index (κ1) is 20.9. The van der Waals surface area contributed by atoms with E-state index in [-0.39, 0.29) is 11.7 Å². The van der Waals surface area contributed by atoms with Gasteiger partial charge in [-0.25, -0.2) is 9.37 Å². The highest BCUT2D eigenvalue weighted by molar-refractivity contribution is 6.06. The van der Waals surface area contributed by atoms with Crippen LogP contribution in [0, 0.1) is 5.82 Å². The molecule has 1 aliphatic rings. The number of anilines is 2. The molecular weight excluding hydrogens is 421 g/mol. The zero-order valence-electron chi connectivity index (χ0n) is 18.3. The molecule has 1 fully saturated rings. The Morgan fingerprint density at radius 3 is 2.67 bits per heavy atom. The number of halogens is 1. The lowest BCUT2D eigenvalue weighted by molar-refractivity contribution is 0.101. The number of carbonyl (C=O) groups is 1. The summed E-state index contributed by atoms with van der Waals surface area (Å²) in [4.78, 5) is 24.1. The van der Waals surface area contributed by atoms with Crippen LogP contribution >= 0.6 is 0 Å². The fraction of sp³-hybridized carbons (Fsp3) is 0.240. The van der Waals surface area contributed by atoms with E-state index in [9.17, 15) is 9.18 Å². The van der Waals surface area contributed by atoms with Crippen molar-refractivity contribution in [2.45, 2.75) is 19.4 Å². The lowest BCUT2D eigenvalue weighted by Gasteiger charge is -2.19. The van der Waals surface area contributed by atoms with E-state index < -0.39 is 0 Å². The van der Waals surface area contributed by atoms with Crippen LogP contribution in [0.2, 0.25) is 0 Å². The Morgan fingerprint density at radius 1 is 1.12 bits per heavy atom. The van der Waals surface area contributed by atoms with E-state index >= 15 is 0 Å². The summed E-state index contributed by atoms with van der Waals surface area (Å²) >= 11 is 0. The number of carbonyl (C=O) groups excluding carboxylic acids is 1. The van der Waals surface area contributed by atoms with E-state index in [4.69, 9.17) is 4.74 Å². The van der Waals surface area contributed by atoms with Crippen LogP contribution in [-0.4, -0.2) is 40.6 Å². The zero-order valence-corrected chi connectivity index (χ0v) is 18.3. The minimum atomic E-state index is -0.345. The number of methoxy groups -OCH3 is 1. The molecule has 1 aromatic carbocycles. The van der Waals surface area contributed by atoms with Crippen LogP contribution in [0.5, 0.6) is 5.75 Å². The molecule has 0 radical (unpaired) electrons. The monoisotopic (exact) mass is 445 g/mol. The van der Waals surface area contributed by atoms with Gasteiger partial charge in [0.2, 0.25) is 0 Å². The van der Waals surface area contributed by atoms with Crippen molar-refractivity contribution < 1.29 is 13.9 Å². The normalized spacial score (nSPS) is 13.5. The molecule has 1 N–H and O–H groups in total. The van der Waals surface area contributed by atoms with E-state index in [1.807, 2.05) is 16.7 Å². The van der Waals surface area contributed by atoms with Crippen LogP contribution in [0.1, 0.15) is 28.9 Å². The molecule has 4 aromatic rings. The van der Waals surface area contributed by atoms with E-state index in [0.29, 0.717) is 29.1 Å². The highest BCUT2D eigenvalue weighted by Crippen LogP contribution is 2.31. The largest absolute Gasteiger partial charge is 0.493 e. The first-order chi connectivity index (χ1) is 16.1. The summed E-state index contributed by atoms with van der Waals surface area (Å²) in [5.74, 6) is 0.754. The second kappa shape index (κ2) is 8.90. The van der Waals surface area contributed by atoms with E-state index in [1.54, 1.807) is 43.9 Å². The molecule has 7 nitrogen and oxygen atoms in total. The van der Waals surface area contributed by atoms with E-state index in [2.05, 4.69) is 20.2 Å². The standard InChI is InChI=1S/C25H24FN5O2/c1-33-23-14-20(15-28-24(23)30-10-2-3-11-30)29-25(32)22-13-18-12-19(26)4-5-21(18)31(22)16-17-6-8-27-9-7-17/h4-9,12-15H,2-3,10-11,16H2,1H3,(H,29,32). The predicted molar refractivity (Wildman–Crippen MR) is 125 cm³/mol. The van der Waals surface area contributed by atoms with Gasteiger partial charge in [0.15, 0.2) is 11.6 Å². The summed E-state index contributed by atoms with van der Waals surface area (Å²) in [5, 5.41) is 3.59. The number of ether oxygens (including phenoxy) is 1. The number of benzene rings is 1. The van der Waals surface area contributed by atoms with Crippen molar-refractivity contribution in [2.75, 3.05) is 30.4 Å². The number of amides is 1. The van der Waals surface area contributed by atoms with Gasteiger partial charge in [-0.1, -0.05) is 0 Å². The topological polar surface area (TPSA) is 72.3 Å². The molecule has 0 atom stereocenters. The highest BCUT2D eigenvalue weighted by atomic mass is 19.1. The predicted octanol–water partition coefficient (Wildman–Crippen LogP) is 4.48. The van der Waals surface area contributed by atoms with Gasteiger partial charge in [-0.2, -0.15) is 0 Å². The van der Waals surface area contributed by atoms with Crippen molar-refractivity contribution in [3.05, 3.63) is 78.1 Å². The summed E-state index contributed by atoms with van der Waals surface area (Å²) in [5.41, 5.74) is 2.72. The van der Waals surface area contributed by atoms with E-state index in [0.717, 1.165) is 42.8 Å². The van der Waals surface area contributed by atoms with Gasteiger partial charge in [0.25, 0.3) is 5.91 Å². The van der Waals surface area contributed by atoms with E-state index in [1.165, 1.54) is 12.1 Å². The summed E-state index contributed by atoms with van der Waals surface area (Å²) in [6, 6.07) is 11.8. The molecule has 0 spiro atoms. The Morgan fingerprint density at radius 2 is 1.91 bits per heavy atom. The Kier molecular flexibility index (Phi) is 5.64. The van der Waals surface area contributed by atoms with Crippen molar-refractivity contribution in [3.63, 3.8) is 0 Å². The van der Waals surface area contributed by atoms with Crippen LogP contribution in [0.4, 0.5) is 15.9 Å². The van der Waals surface area contributed by atoms with Crippen molar-refractivity contribution in [2.24, 2.45) is 0 Å². The van der Waals surface area contributed by atoms with Crippen molar-refractivity contribution in [1.82, 2.24) is 14.5 Å². The molecule has 0 bridgehead atoms. The lowest BCUT2D eigenvalue weighted by atomic mass is 10.2. The third kappa shape index (κ3) is 4.24. The molecule has 168 valence electrons. The van der Waals surface area contributed by atoms with Gasteiger partial charge in [-0.05, 0) is 54.8 Å². The number of nitrogens with zero attached hydrogens (tertiary/aromatic N) is 4. The number of aromatic nitrogens is 3. The molecule has 3 aromatic heterocycles. The quantitative estimate of drug-likeness (QED) is 0.474. The average molecular weight is 445 g/mol. The Bertz CT molecular complexity index is 1300. The van der Waals surface area contributed by atoms with Gasteiger partial charge in [0.05, 0.1) is 19.0 Å². The third-order valence-corrected chi connectivity index (χ3v) is 5.90. The molecule has 5 rings (SSSR count). The molecule has 8 heteroatoms. The van der Waals surface area contributed by atoms with Crippen LogP contribution in [0.25, 0.3) is 10.9 Å². The number of hydrogen-bond acceptors (Lipinski definition) is 5. The molecule has 4 heterocycles. The summed E-state index contributed by atoms with van der Waals surface area (Å²) in [6.07, 6.45) is 7.32. The van der Waals surface area contributed by atoms with Gasteiger partial charge in [-0.3, -0.25) is 9.78 Å². The number of fused-ring (bicyclic) bond motifs is 1. The Hall–Kier alpha value is -3.94. The van der Waals surface area contributed by atoms with Crippen molar-refractivity contribution in [1.29, 1.82) is 0 Å². The fourth-order valence-corrected chi connectivity index (χ4v) is 4.29. The number of rotatable bonds is 6. The Labute approximate surface area is 190 Å². The molecular formula is C25H24FN5O2. The van der Waals surface area contributed by atoms with Gasteiger partial charge in [0.1, 0.15) is 11.5 Å². The minimum absolute atomic E-state index is 0.307. The maximum Gasteiger partial charge on any atom is 0.272 e. The first-order valence-electron chi connectivity index (χ1n) is 10.9. The molecule has 33 heavy (non-hydrogen) atoms. The maximum absolute atomic E-state index is 13.9. The Balaban J connectivity index is 1.47. The number of pyridine rings is 2. The highest BCUT2D eigenvalue weighted by Gasteiger charge is 2.20. The fourth-order valence-electron chi connectivity index (χ4n) is 4.29. The molecule has 0 aliphatic carbocycles. The van der Waals surface area contributed by atoms with Gasteiger partial charge in [0, 0.05) is 49.0 Å². The SMILES string of the molecule is COc1cc(NC(=O)c2cc3cc(F)ccc3n2Cc2ccncc2)cnc1N1CCCC1. The molecule has 1 aliphatic heterocycles. The van der Waals surface area contributed by atoms with Crippen molar-refractivity contribution in [3.8, 4) is 5.75 Å². The average Bonchev–Trinajstić information content (AvgIpc) is 3.48. The van der Waals surface area contributed by atoms with Crippen LogP contribution in [0.15, 0.2) is 61.1 Å². The lowest BCUT2D eigenvalue weighted by Crippen LogP contribution is -2.21. The maximum atomic E-state index is 13.9. The van der Waals surface area contributed by atoms with Gasteiger partial charge < -0.3 is 19.5 Å².